The zero-order chi connectivity index (χ0) is 36.6. The Bertz CT molecular complexity index is 1970. The number of nitrogens with zero attached hydrogens (tertiary/aromatic N) is 6. The van der Waals surface area contributed by atoms with Crippen LogP contribution in [0.25, 0.3) is 11.0 Å². The third kappa shape index (κ3) is 5.78. The van der Waals surface area contributed by atoms with Crippen molar-refractivity contribution in [3.8, 4) is 5.75 Å². The van der Waals surface area contributed by atoms with Crippen LogP contribution >= 0.6 is 11.8 Å². The fraction of sp³-hybridized carbons (Fsp3) is 0.375. The number of aromatic nitrogens is 3. The molecule has 4 heterocycles. The molecule has 4 aromatic rings. The van der Waals surface area contributed by atoms with Gasteiger partial charge in [0, 0.05) is 24.0 Å². The summed E-state index contributed by atoms with van der Waals surface area (Å²) in [6.07, 6.45) is 4.01. The first-order valence-electron chi connectivity index (χ1n) is 17.8. The summed E-state index contributed by atoms with van der Waals surface area (Å²) in [5.41, 5.74) is 2.85. The average molecular weight is 721 g/mol. The maximum Gasteiger partial charge on any atom is 0.248 e. The molecule has 1 aromatic heterocycles. The van der Waals surface area contributed by atoms with Gasteiger partial charge in [-0.15, -0.1) is 30.0 Å². The van der Waals surface area contributed by atoms with Crippen LogP contribution in [0.4, 0.5) is 5.69 Å². The van der Waals surface area contributed by atoms with Crippen LogP contribution in [0, 0.1) is 17.8 Å². The van der Waals surface area contributed by atoms with Crippen molar-refractivity contribution in [2.75, 3.05) is 31.2 Å². The summed E-state index contributed by atoms with van der Waals surface area (Å²) >= 11 is 1.60. The molecule has 0 aliphatic carbocycles. The fourth-order valence-corrected chi connectivity index (χ4v) is 11.0. The molecule has 0 radical (unpaired) electrons. The molecule has 3 aromatic carbocycles. The minimum Gasteiger partial charge on any atom is -0.494 e. The number of rotatable bonds is 14. The van der Waals surface area contributed by atoms with Crippen molar-refractivity contribution in [1.82, 2.24) is 24.8 Å². The van der Waals surface area contributed by atoms with Crippen molar-refractivity contribution in [2.24, 2.45) is 17.8 Å². The Hall–Kier alpha value is -4.94. The van der Waals surface area contributed by atoms with Crippen LogP contribution in [0.5, 0.6) is 5.75 Å². The summed E-state index contributed by atoms with van der Waals surface area (Å²) in [6, 6.07) is 22.4. The third-order valence-electron chi connectivity index (χ3n) is 10.8. The van der Waals surface area contributed by atoms with E-state index in [-0.39, 0.29) is 48.6 Å². The fourth-order valence-electron chi connectivity index (χ4n) is 8.64. The summed E-state index contributed by atoms with van der Waals surface area (Å²) in [6.45, 7) is 12.5. The minimum atomic E-state index is -0.974. The molecule has 7 rings (SSSR count). The molecule has 3 aliphatic heterocycles. The van der Waals surface area contributed by atoms with Gasteiger partial charge in [-0.2, -0.15) is 0 Å². The molecule has 11 nitrogen and oxygen atoms in total. The molecule has 52 heavy (non-hydrogen) atoms. The van der Waals surface area contributed by atoms with Crippen LogP contribution in [0.1, 0.15) is 31.9 Å². The second-order valence-corrected chi connectivity index (χ2v) is 15.2. The van der Waals surface area contributed by atoms with Gasteiger partial charge >= 0.3 is 0 Å². The summed E-state index contributed by atoms with van der Waals surface area (Å²) in [7, 11) is 0. The number of para-hydroxylation sites is 1. The van der Waals surface area contributed by atoms with Crippen LogP contribution in [0.3, 0.4) is 0 Å². The van der Waals surface area contributed by atoms with E-state index in [1.165, 1.54) is 0 Å². The quantitative estimate of drug-likeness (QED) is 0.179. The van der Waals surface area contributed by atoms with Crippen molar-refractivity contribution in [3.05, 3.63) is 110 Å². The molecular weight excluding hydrogens is 677 g/mol. The molecule has 3 saturated heterocycles. The molecule has 0 saturated carbocycles. The molecule has 270 valence electrons. The molecule has 7 atom stereocenters. The number of hydrogen-bond acceptors (Lipinski definition) is 8. The summed E-state index contributed by atoms with van der Waals surface area (Å²) in [4.78, 5) is 50.3. The highest BCUT2D eigenvalue weighted by Crippen LogP contribution is 2.69. The highest BCUT2D eigenvalue weighted by Gasteiger charge is 2.77. The number of amides is 3. The van der Waals surface area contributed by atoms with E-state index in [4.69, 9.17) is 4.74 Å². The van der Waals surface area contributed by atoms with Crippen molar-refractivity contribution < 1.29 is 24.2 Å². The van der Waals surface area contributed by atoms with Gasteiger partial charge in [0.1, 0.15) is 24.0 Å². The molecular formula is C40H44N6O5S. The number of ether oxygens (including phenoxy) is 1. The number of aliphatic hydroxyl groups is 1. The highest BCUT2D eigenvalue weighted by atomic mass is 32.2. The monoisotopic (exact) mass is 720 g/mol. The Morgan fingerprint density at radius 1 is 1.04 bits per heavy atom. The van der Waals surface area contributed by atoms with Gasteiger partial charge in [-0.3, -0.25) is 14.4 Å². The second-order valence-electron chi connectivity index (χ2n) is 13.6. The number of carbonyl (C=O) groups excluding carboxylic acids is 3. The standard InChI is InChI=1S/C40H44N6O5S/c1-5-21-43(25-45-31-16-12-11-15-30(31)41-42-45)39(50)36-40-26(4)23-33(52-40)34(35(40)38(49)46(36)32(24-47)27-13-9-8-10-14-27)37(48)44(22-6-2)28-17-19-29(20-18-28)51-7-3/h5-6,8-20,26,32-36,47H,1-2,7,21-25H2,3-4H3/t26?,32-,33+,34-,35+,36?,40?/m1/s1. The molecule has 2 bridgehead atoms. The maximum atomic E-state index is 15.3. The maximum absolute atomic E-state index is 15.3. The lowest BCUT2D eigenvalue weighted by molar-refractivity contribution is -0.146. The van der Waals surface area contributed by atoms with Crippen molar-refractivity contribution in [3.63, 3.8) is 0 Å². The number of fused-ring (bicyclic) bond motifs is 2. The lowest BCUT2D eigenvalue weighted by Gasteiger charge is -2.42. The van der Waals surface area contributed by atoms with E-state index in [0.717, 1.165) is 5.52 Å². The van der Waals surface area contributed by atoms with Gasteiger partial charge < -0.3 is 24.5 Å². The number of likely N-dealkylation sites (tertiary alicyclic amines) is 1. The molecule has 3 amide bonds. The zero-order valence-corrected chi connectivity index (χ0v) is 30.3. The Kier molecular flexibility index (Phi) is 9.95. The van der Waals surface area contributed by atoms with Crippen LogP contribution in [0.2, 0.25) is 0 Å². The van der Waals surface area contributed by atoms with Crippen LogP contribution in [-0.2, 0) is 21.1 Å². The number of aliphatic hydroxyl groups excluding tert-OH is 1. The van der Waals surface area contributed by atoms with Gasteiger partial charge in [-0.05, 0) is 61.2 Å². The van der Waals surface area contributed by atoms with E-state index in [1.807, 2.05) is 85.8 Å². The Balaban J connectivity index is 1.32. The van der Waals surface area contributed by atoms with Gasteiger partial charge in [0.25, 0.3) is 0 Å². The van der Waals surface area contributed by atoms with E-state index in [2.05, 4.69) is 30.4 Å². The number of carbonyl (C=O) groups is 3. The van der Waals surface area contributed by atoms with Crippen LogP contribution < -0.4 is 9.64 Å². The van der Waals surface area contributed by atoms with Gasteiger partial charge in [0.2, 0.25) is 17.7 Å². The van der Waals surface area contributed by atoms with E-state index >= 15 is 9.59 Å². The SMILES string of the molecule is C=CCN(Cn1nnc2ccccc21)C(=O)C1N([C@H](CO)c2ccccc2)C(=O)[C@@H]2[C@H](C(=O)N(CC=C)c3ccc(OCC)cc3)[C@@H]3CC(C)C12S3. The number of hydrogen-bond donors (Lipinski definition) is 1. The van der Waals surface area contributed by atoms with Gasteiger partial charge in [-0.25, -0.2) is 4.68 Å². The first kappa shape index (κ1) is 35.5. The Labute approximate surface area is 307 Å². The molecule has 1 spiro atoms. The van der Waals surface area contributed by atoms with E-state index in [1.54, 1.807) is 43.3 Å². The minimum absolute atomic E-state index is 0.0781. The topological polar surface area (TPSA) is 121 Å². The van der Waals surface area contributed by atoms with Crippen molar-refractivity contribution in [1.29, 1.82) is 0 Å². The highest BCUT2D eigenvalue weighted by molar-refractivity contribution is 8.02. The largest absolute Gasteiger partial charge is 0.494 e. The molecule has 1 N–H and O–H groups in total. The predicted octanol–water partition coefficient (Wildman–Crippen LogP) is 5.09. The molecule has 12 heteroatoms. The van der Waals surface area contributed by atoms with Gasteiger partial charge in [-0.1, -0.05) is 66.8 Å². The molecule has 3 aliphatic rings. The van der Waals surface area contributed by atoms with Crippen LogP contribution in [0.15, 0.2) is 104 Å². The first-order chi connectivity index (χ1) is 25.3. The van der Waals surface area contributed by atoms with Crippen LogP contribution in [-0.4, -0.2) is 90.0 Å². The average Bonchev–Trinajstić information content (AvgIpc) is 3.89. The normalized spacial score (nSPS) is 25.2. The number of anilines is 1. The lowest BCUT2D eigenvalue weighted by atomic mass is 9.65. The van der Waals surface area contributed by atoms with Crippen molar-refractivity contribution >= 4 is 46.2 Å². The van der Waals surface area contributed by atoms with Crippen molar-refractivity contribution in [2.45, 2.75) is 49.0 Å². The molecule has 3 fully saturated rings. The number of benzene rings is 3. The van der Waals surface area contributed by atoms with E-state index < -0.39 is 35.3 Å². The van der Waals surface area contributed by atoms with Gasteiger partial charge in [0.05, 0.1) is 41.4 Å². The number of thioether (sulfide) groups is 1. The Morgan fingerprint density at radius 2 is 1.75 bits per heavy atom. The smallest absolute Gasteiger partial charge is 0.248 e. The zero-order valence-electron chi connectivity index (χ0n) is 29.5. The van der Waals surface area contributed by atoms with E-state index in [0.29, 0.717) is 35.5 Å². The van der Waals surface area contributed by atoms with E-state index in [9.17, 15) is 9.90 Å². The summed E-state index contributed by atoms with van der Waals surface area (Å²) in [5, 5.41) is 19.5. The first-order valence-corrected chi connectivity index (χ1v) is 18.7. The van der Waals surface area contributed by atoms with Gasteiger partial charge in [0.15, 0.2) is 0 Å². The predicted molar refractivity (Wildman–Crippen MR) is 201 cm³/mol. The summed E-state index contributed by atoms with van der Waals surface area (Å²) in [5.74, 6) is -1.63. The summed E-state index contributed by atoms with van der Waals surface area (Å²) < 4.78 is 6.39. The molecule has 3 unspecified atom stereocenters. The third-order valence-corrected chi connectivity index (χ3v) is 12.9. The lowest BCUT2D eigenvalue weighted by Crippen LogP contribution is -2.58. The Morgan fingerprint density at radius 3 is 2.44 bits per heavy atom. The second kappa shape index (κ2) is 14.6.